The van der Waals surface area contributed by atoms with Crippen molar-refractivity contribution in [2.45, 2.75) is 38.3 Å². The fourth-order valence-electron chi connectivity index (χ4n) is 4.39. The van der Waals surface area contributed by atoms with Crippen LogP contribution in [0.5, 0.6) is 0 Å². The fraction of sp³-hybridized carbons (Fsp3) is 0.435. The molecule has 16 heteroatoms. The minimum Gasteiger partial charge on any atom is -0.755 e. The number of benzene rings is 1. The Kier molecular flexibility index (Phi) is 9.09. The molecule has 1 aromatic carbocycles. The van der Waals surface area contributed by atoms with Crippen molar-refractivity contribution < 1.29 is 26.0 Å². The van der Waals surface area contributed by atoms with Crippen LogP contribution in [-0.4, -0.2) is 68.0 Å². The van der Waals surface area contributed by atoms with E-state index in [1.165, 1.54) is 21.3 Å². The fourth-order valence-corrected chi connectivity index (χ4v) is 5.58. The second-order valence-electron chi connectivity index (χ2n) is 9.11. The zero-order valence-electron chi connectivity index (χ0n) is 21.0. The molecule has 0 bridgehead atoms. The Morgan fingerprint density at radius 2 is 1.92 bits per heavy atom. The van der Waals surface area contributed by atoms with E-state index in [-0.39, 0.29) is 24.2 Å². The van der Waals surface area contributed by atoms with Crippen LogP contribution in [0.1, 0.15) is 31.3 Å². The molecule has 1 saturated heterocycles. The lowest BCUT2D eigenvalue weighted by atomic mass is 10.1. The third kappa shape index (κ3) is 7.46. The number of nitrogens with one attached hydrogen (secondary N) is 3. The van der Waals surface area contributed by atoms with Crippen molar-refractivity contribution in [2.24, 2.45) is 0 Å². The zero-order chi connectivity index (χ0) is 28.2. The summed E-state index contributed by atoms with van der Waals surface area (Å²) in [7, 11) is -3.27. The van der Waals surface area contributed by atoms with E-state index in [4.69, 9.17) is 0 Å². The van der Waals surface area contributed by atoms with Gasteiger partial charge in [0.25, 0.3) is 12.0 Å². The molecule has 39 heavy (non-hydrogen) atoms. The van der Waals surface area contributed by atoms with Crippen LogP contribution in [0.25, 0.3) is 11.0 Å². The number of pyridine rings is 1. The molecule has 3 aromatic rings. The zero-order valence-corrected chi connectivity index (χ0v) is 22.6. The lowest BCUT2D eigenvalue weighted by Gasteiger charge is -2.30. The molecule has 0 aliphatic carbocycles. The lowest BCUT2D eigenvalue weighted by molar-refractivity contribution is 0.149. The maximum atomic E-state index is 13.6. The van der Waals surface area contributed by atoms with Crippen LogP contribution in [0, 0.1) is 0 Å². The van der Waals surface area contributed by atoms with Gasteiger partial charge in [0.15, 0.2) is 0 Å². The molecule has 3 N–H and O–H groups in total. The highest BCUT2D eigenvalue weighted by Crippen LogP contribution is 2.22. The van der Waals surface area contributed by atoms with Gasteiger partial charge in [-0.2, -0.15) is 4.98 Å². The first-order valence-corrected chi connectivity index (χ1v) is 15.0. The van der Waals surface area contributed by atoms with Crippen molar-refractivity contribution in [3.63, 3.8) is 0 Å². The Labute approximate surface area is 226 Å². The van der Waals surface area contributed by atoms with Crippen LogP contribution >= 0.6 is 0 Å². The van der Waals surface area contributed by atoms with Crippen molar-refractivity contribution in [1.29, 1.82) is 0 Å². The number of anilines is 3. The van der Waals surface area contributed by atoms with Gasteiger partial charge in [-0.25, -0.2) is 26.5 Å². The monoisotopic (exact) mass is 584 g/mol. The molecular weight excluding hydrogens is 556 g/mol. The van der Waals surface area contributed by atoms with Gasteiger partial charge in [-0.3, -0.25) is 13.6 Å². The van der Waals surface area contributed by atoms with E-state index < -0.39 is 38.8 Å². The summed E-state index contributed by atoms with van der Waals surface area (Å²) in [6.07, 6.45) is 1.05. The molecule has 0 saturated carbocycles. The minimum absolute atomic E-state index is 0.0885. The van der Waals surface area contributed by atoms with Gasteiger partial charge < -0.3 is 19.9 Å². The van der Waals surface area contributed by atoms with E-state index in [0.717, 1.165) is 6.07 Å². The highest BCUT2D eigenvalue weighted by Gasteiger charge is 2.25. The number of halogens is 2. The molecule has 212 valence electrons. The minimum atomic E-state index is -3.27. The first-order chi connectivity index (χ1) is 18.5. The number of aromatic nitrogens is 3. The molecule has 1 atom stereocenters. The molecule has 2 aromatic heterocycles. The Morgan fingerprint density at radius 1 is 1.21 bits per heavy atom. The lowest BCUT2D eigenvalue weighted by Crippen LogP contribution is -2.42. The topological polar surface area (TPSA) is 161 Å². The van der Waals surface area contributed by atoms with E-state index in [1.54, 1.807) is 24.3 Å². The van der Waals surface area contributed by atoms with E-state index in [1.807, 2.05) is 0 Å². The van der Waals surface area contributed by atoms with Gasteiger partial charge in [0.1, 0.15) is 5.65 Å². The van der Waals surface area contributed by atoms with Crippen LogP contribution < -0.4 is 20.9 Å². The molecule has 1 aliphatic rings. The maximum absolute atomic E-state index is 13.6. The van der Waals surface area contributed by atoms with E-state index in [2.05, 4.69) is 25.3 Å². The molecule has 3 heterocycles. The number of fused-ring (bicyclic) bond motifs is 1. The largest absolute Gasteiger partial charge is 0.755 e. The third-order valence-corrected chi connectivity index (χ3v) is 8.00. The van der Waals surface area contributed by atoms with Crippen LogP contribution in [-0.2, 0) is 27.8 Å². The Balaban J connectivity index is 1.49. The number of sulfonamides is 1. The van der Waals surface area contributed by atoms with Crippen molar-refractivity contribution in [2.75, 3.05) is 41.2 Å². The second-order valence-corrected chi connectivity index (χ2v) is 11.8. The van der Waals surface area contributed by atoms with Gasteiger partial charge in [0.05, 0.1) is 11.8 Å². The number of aryl methyl sites for hydroxylation is 1. The number of hydrogen-bond donors (Lipinski definition) is 3. The van der Waals surface area contributed by atoms with Gasteiger partial charge in [-0.15, -0.1) is 0 Å². The molecule has 0 radical (unpaired) electrons. The van der Waals surface area contributed by atoms with Gasteiger partial charge in [0, 0.05) is 66.4 Å². The molecule has 12 nitrogen and oxygen atoms in total. The van der Waals surface area contributed by atoms with Crippen molar-refractivity contribution in [1.82, 2.24) is 18.8 Å². The van der Waals surface area contributed by atoms with Crippen LogP contribution in [0.4, 0.5) is 26.1 Å². The number of piperidine rings is 1. The SMILES string of the molecule is CS(=O)(=O)N1CCC(Nc2ncc3cc(C(F)F)c(=O)n(CCCNc4cccc(NS(=O)[O-])c4)c3n2)CC1. The molecule has 1 fully saturated rings. The molecule has 0 amide bonds. The van der Waals surface area contributed by atoms with Crippen molar-refractivity contribution >= 4 is 49.6 Å². The summed E-state index contributed by atoms with van der Waals surface area (Å²) in [5.74, 6) is 0.219. The van der Waals surface area contributed by atoms with Crippen molar-refractivity contribution in [3.05, 3.63) is 52.4 Å². The molecule has 4 rings (SSSR count). The van der Waals surface area contributed by atoms with E-state index in [0.29, 0.717) is 55.7 Å². The van der Waals surface area contributed by atoms with E-state index in [9.17, 15) is 30.8 Å². The maximum Gasteiger partial charge on any atom is 0.269 e. The average Bonchev–Trinajstić information content (AvgIpc) is 2.87. The number of hydrogen-bond acceptors (Lipinski definition) is 9. The predicted octanol–water partition coefficient (Wildman–Crippen LogP) is 2.27. The van der Waals surface area contributed by atoms with Gasteiger partial charge in [-0.1, -0.05) is 6.07 Å². The number of alkyl halides is 2. The Bertz CT molecular complexity index is 1510. The highest BCUT2D eigenvalue weighted by molar-refractivity contribution is 7.88. The highest BCUT2D eigenvalue weighted by atomic mass is 32.2. The Morgan fingerprint density at radius 3 is 2.59 bits per heavy atom. The van der Waals surface area contributed by atoms with Crippen molar-refractivity contribution in [3.8, 4) is 0 Å². The van der Waals surface area contributed by atoms with Gasteiger partial charge in [-0.05, 0) is 43.5 Å². The molecular formula is C23H28F2N7O5S2-. The van der Waals surface area contributed by atoms with Crippen LogP contribution in [0.15, 0.2) is 41.3 Å². The summed E-state index contributed by atoms with van der Waals surface area (Å²) < 4.78 is 77.3. The smallest absolute Gasteiger partial charge is 0.269 e. The Hall–Kier alpha value is -3.21. The van der Waals surface area contributed by atoms with E-state index >= 15 is 0 Å². The van der Waals surface area contributed by atoms with Gasteiger partial charge >= 0.3 is 0 Å². The predicted molar refractivity (Wildman–Crippen MR) is 144 cm³/mol. The summed E-state index contributed by atoms with van der Waals surface area (Å²) in [6.45, 7) is 1.17. The third-order valence-electron chi connectivity index (χ3n) is 6.30. The summed E-state index contributed by atoms with van der Waals surface area (Å²) in [4.78, 5) is 21.6. The number of nitrogens with zero attached hydrogens (tertiary/aromatic N) is 4. The summed E-state index contributed by atoms with van der Waals surface area (Å²) in [5.41, 5.74) is -0.261. The summed E-state index contributed by atoms with van der Waals surface area (Å²) in [5, 5.41) is 6.58. The molecule has 0 spiro atoms. The summed E-state index contributed by atoms with van der Waals surface area (Å²) >= 11 is -2.46. The first-order valence-electron chi connectivity index (χ1n) is 12.1. The number of rotatable bonds is 11. The quantitative estimate of drug-likeness (QED) is 0.227. The van der Waals surface area contributed by atoms with Gasteiger partial charge in [0.2, 0.25) is 16.0 Å². The first kappa shape index (κ1) is 28.8. The standard InChI is InChI=1S/C23H29F2N7O5S2/c1-39(36,37)31-10-6-16(7-11-31)28-23-27-14-15-12-19(20(24)25)22(33)32(21(15)29-23)9-3-8-26-17-4-2-5-18(13-17)30-38(34)35/h2,4-5,12-14,16,20,26,30H,3,6-11H2,1H3,(H,34,35)(H,27,28,29)/p-1. The molecule has 1 unspecified atom stereocenters. The van der Waals surface area contributed by atoms with Crippen LogP contribution in [0.2, 0.25) is 0 Å². The second kappa shape index (κ2) is 12.3. The normalized spacial score (nSPS) is 15.9. The molecule has 1 aliphatic heterocycles. The summed E-state index contributed by atoms with van der Waals surface area (Å²) in [6, 6.07) is 7.60. The van der Waals surface area contributed by atoms with Crippen LogP contribution in [0.3, 0.4) is 0 Å². The average molecular weight is 585 g/mol.